The molecular formula is C26H26ClF4N7O4. The number of nitrogens with one attached hydrogen (secondary N) is 5. The van der Waals surface area contributed by atoms with Gasteiger partial charge in [-0.15, -0.1) is 0 Å². The Kier molecular flexibility index (Phi) is 9.50. The van der Waals surface area contributed by atoms with Gasteiger partial charge >= 0.3 is 12.1 Å². The number of hydrogen-bond donors (Lipinski definition) is 5. The van der Waals surface area contributed by atoms with Gasteiger partial charge in [0.25, 0.3) is 5.91 Å². The van der Waals surface area contributed by atoms with Crippen molar-refractivity contribution in [2.75, 3.05) is 26.7 Å². The van der Waals surface area contributed by atoms with Crippen molar-refractivity contribution in [2.45, 2.75) is 31.4 Å². The van der Waals surface area contributed by atoms with E-state index in [4.69, 9.17) is 11.6 Å². The molecule has 0 spiro atoms. The number of ether oxygens (including phenoxy) is 1. The van der Waals surface area contributed by atoms with E-state index >= 15 is 0 Å². The quantitative estimate of drug-likeness (QED) is 0.184. The second-order valence-corrected chi connectivity index (χ2v) is 9.71. The molecule has 11 nitrogen and oxygen atoms in total. The van der Waals surface area contributed by atoms with Crippen molar-refractivity contribution in [3.63, 3.8) is 0 Å². The summed E-state index contributed by atoms with van der Waals surface area (Å²) >= 11 is 6.11. The second kappa shape index (κ2) is 13.1. The SMILES string of the molecule is COC(=O)C[C@H](NC(=O)CNC(=O)c1cc(CNC2=NCC(F)CN2)c2cn[nH]c2c1)c1cc(C(F)(F)F)ccc1Cl. The van der Waals surface area contributed by atoms with E-state index in [9.17, 15) is 31.9 Å². The zero-order chi connectivity index (χ0) is 30.4. The first-order chi connectivity index (χ1) is 19.9. The summed E-state index contributed by atoms with van der Waals surface area (Å²) in [5.41, 5.74) is 0.239. The number of amides is 2. The average Bonchev–Trinajstić information content (AvgIpc) is 3.43. The highest BCUT2D eigenvalue weighted by Crippen LogP contribution is 2.34. The monoisotopic (exact) mass is 611 g/mol. The zero-order valence-corrected chi connectivity index (χ0v) is 22.8. The number of fused-ring (bicyclic) bond motifs is 1. The van der Waals surface area contributed by atoms with Crippen LogP contribution >= 0.6 is 11.6 Å². The van der Waals surface area contributed by atoms with E-state index in [1.807, 2.05) is 0 Å². The molecule has 0 radical (unpaired) electrons. The first-order valence-corrected chi connectivity index (χ1v) is 13.0. The molecule has 1 aliphatic heterocycles. The highest BCUT2D eigenvalue weighted by Gasteiger charge is 2.32. The number of alkyl halides is 4. The maximum Gasteiger partial charge on any atom is 0.416 e. The molecule has 2 atom stereocenters. The number of aliphatic imine (C=N–C) groups is 1. The van der Waals surface area contributed by atoms with Crippen LogP contribution in [0.5, 0.6) is 0 Å². The Morgan fingerprint density at radius 1 is 1.21 bits per heavy atom. The molecule has 2 amide bonds. The summed E-state index contributed by atoms with van der Waals surface area (Å²) in [5.74, 6) is -1.80. The first kappa shape index (κ1) is 30.6. The van der Waals surface area contributed by atoms with Gasteiger partial charge in [0.2, 0.25) is 5.91 Å². The molecule has 1 unspecified atom stereocenters. The lowest BCUT2D eigenvalue weighted by Crippen LogP contribution is -2.44. The largest absolute Gasteiger partial charge is 0.469 e. The fourth-order valence-corrected chi connectivity index (χ4v) is 4.45. The molecule has 224 valence electrons. The Bertz CT molecular complexity index is 1510. The lowest BCUT2D eigenvalue weighted by atomic mass is 10.0. The number of aromatic nitrogens is 2. The summed E-state index contributed by atoms with van der Waals surface area (Å²) in [6, 6.07) is 4.40. The number of rotatable bonds is 9. The van der Waals surface area contributed by atoms with E-state index in [-0.39, 0.29) is 35.8 Å². The third-order valence-corrected chi connectivity index (χ3v) is 6.68. The van der Waals surface area contributed by atoms with Crippen LogP contribution < -0.4 is 21.3 Å². The van der Waals surface area contributed by atoms with Gasteiger partial charge in [0.05, 0.1) is 56.5 Å². The number of hydrogen-bond acceptors (Lipinski definition) is 8. The van der Waals surface area contributed by atoms with Crippen LogP contribution in [-0.4, -0.2) is 66.9 Å². The van der Waals surface area contributed by atoms with Gasteiger partial charge in [-0.2, -0.15) is 18.3 Å². The minimum atomic E-state index is -4.69. The van der Waals surface area contributed by atoms with Crippen molar-refractivity contribution < 1.29 is 36.7 Å². The number of methoxy groups -OCH3 is 1. The van der Waals surface area contributed by atoms with Gasteiger partial charge in [-0.05, 0) is 41.5 Å². The van der Waals surface area contributed by atoms with Crippen LogP contribution in [0.15, 0.2) is 41.5 Å². The molecule has 1 aliphatic rings. The predicted molar refractivity (Wildman–Crippen MR) is 144 cm³/mol. The van der Waals surface area contributed by atoms with Crippen LogP contribution in [0.25, 0.3) is 10.9 Å². The molecule has 1 aromatic heterocycles. The maximum atomic E-state index is 13.3. The molecule has 16 heteroatoms. The fourth-order valence-electron chi connectivity index (χ4n) is 4.20. The lowest BCUT2D eigenvalue weighted by molar-refractivity contribution is -0.141. The first-order valence-electron chi connectivity index (χ1n) is 12.6. The van der Waals surface area contributed by atoms with Crippen molar-refractivity contribution in [2.24, 2.45) is 4.99 Å². The predicted octanol–water partition coefficient (Wildman–Crippen LogP) is 2.77. The van der Waals surface area contributed by atoms with Crippen LogP contribution in [0, 0.1) is 0 Å². The minimum Gasteiger partial charge on any atom is -0.469 e. The summed E-state index contributed by atoms with van der Waals surface area (Å²) in [7, 11) is 1.09. The second-order valence-electron chi connectivity index (χ2n) is 9.30. The Labute approximate surface area is 241 Å². The molecule has 42 heavy (non-hydrogen) atoms. The number of carbonyl (C=O) groups excluding carboxylic acids is 3. The van der Waals surface area contributed by atoms with Gasteiger partial charge in [0.15, 0.2) is 5.96 Å². The Morgan fingerprint density at radius 2 is 2.00 bits per heavy atom. The Hall–Kier alpha value is -4.40. The number of halogens is 5. The molecule has 0 fully saturated rings. The van der Waals surface area contributed by atoms with Gasteiger partial charge in [0.1, 0.15) is 6.17 Å². The van der Waals surface area contributed by atoms with E-state index in [2.05, 4.69) is 41.2 Å². The van der Waals surface area contributed by atoms with Crippen LogP contribution in [0.1, 0.15) is 39.5 Å². The lowest BCUT2D eigenvalue weighted by Gasteiger charge is -2.21. The van der Waals surface area contributed by atoms with Crippen molar-refractivity contribution in [1.29, 1.82) is 0 Å². The van der Waals surface area contributed by atoms with E-state index in [1.165, 1.54) is 6.07 Å². The molecule has 2 aromatic carbocycles. The Balaban J connectivity index is 1.45. The van der Waals surface area contributed by atoms with Crippen LogP contribution in [0.2, 0.25) is 5.02 Å². The summed E-state index contributed by atoms with van der Waals surface area (Å²) in [4.78, 5) is 41.7. The van der Waals surface area contributed by atoms with Crippen LogP contribution in [-0.2, 0) is 27.0 Å². The number of aromatic amines is 1. The zero-order valence-electron chi connectivity index (χ0n) is 22.1. The number of nitrogens with zero attached hydrogens (tertiary/aromatic N) is 2. The smallest absolute Gasteiger partial charge is 0.416 e. The van der Waals surface area contributed by atoms with Crippen molar-refractivity contribution >= 4 is 46.2 Å². The molecule has 4 rings (SSSR count). The molecule has 0 saturated heterocycles. The third-order valence-electron chi connectivity index (χ3n) is 6.33. The van der Waals surface area contributed by atoms with Crippen molar-refractivity contribution in [1.82, 2.24) is 31.5 Å². The van der Waals surface area contributed by atoms with E-state index in [0.29, 0.717) is 17.0 Å². The van der Waals surface area contributed by atoms with Crippen LogP contribution in [0.3, 0.4) is 0 Å². The molecule has 0 bridgehead atoms. The van der Waals surface area contributed by atoms with Crippen LogP contribution in [0.4, 0.5) is 17.6 Å². The maximum absolute atomic E-state index is 13.3. The van der Waals surface area contributed by atoms with Gasteiger partial charge in [-0.25, -0.2) is 4.39 Å². The molecule has 2 heterocycles. The van der Waals surface area contributed by atoms with E-state index in [0.717, 1.165) is 30.7 Å². The normalized spacial score (nSPS) is 15.8. The highest BCUT2D eigenvalue weighted by atomic mass is 35.5. The van der Waals surface area contributed by atoms with Gasteiger partial charge in [0, 0.05) is 22.5 Å². The molecule has 3 aromatic rings. The highest BCUT2D eigenvalue weighted by molar-refractivity contribution is 6.31. The summed E-state index contributed by atoms with van der Waals surface area (Å²) in [6.45, 7) is -0.181. The number of H-pyrrole nitrogens is 1. The van der Waals surface area contributed by atoms with Gasteiger partial charge in [-0.1, -0.05) is 11.6 Å². The molecule has 0 aliphatic carbocycles. The summed E-state index contributed by atoms with van der Waals surface area (Å²) < 4.78 is 57.8. The molecule has 5 N–H and O–H groups in total. The third kappa shape index (κ3) is 7.66. The topological polar surface area (TPSA) is 150 Å². The number of benzene rings is 2. The summed E-state index contributed by atoms with van der Waals surface area (Å²) in [6.07, 6.45) is -4.68. The molecular weight excluding hydrogens is 586 g/mol. The molecule has 0 saturated carbocycles. The van der Waals surface area contributed by atoms with Gasteiger partial charge < -0.3 is 26.0 Å². The average molecular weight is 612 g/mol. The minimum absolute atomic E-state index is 0.0292. The number of carbonyl (C=O) groups is 3. The number of esters is 1. The summed E-state index contributed by atoms with van der Waals surface area (Å²) in [5, 5.41) is 18.2. The van der Waals surface area contributed by atoms with Crippen molar-refractivity contribution in [3.8, 4) is 0 Å². The van der Waals surface area contributed by atoms with E-state index < -0.39 is 54.7 Å². The van der Waals surface area contributed by atoms with Gasteiger partial charge in [-0.3, -0.25) is 24.5 Å². The fraction of sp³-hybridized carbons (Fsp3) is 0.346. The van der Waals surface area contributed by atoms with Crippen molar-refractivity contribution in [3.05, 3.63) is 63.8 Å². The number of guanidine groups is 1. The Morgan fingerprint density at radius 3 is 2.69 bits per heavy atom. The van der Waals surface area contributed by atoms with E-state index in [1.54, 1.807) is 12.3 Å². The standard InChI is InChI=1S/C26H26ClF4N7O4/c1-42-23(40)7-20(17-6-15(26(29,30)31)2-3-19(17)27)37-22(39)12-32-24(41)13-4-14(18-11-36-38-21(18)5-13)8-33-25-34-9-16(28)10-35-25/h2-6,11,16,20H,7-10,12H2,1H3,(H,32,41)(H,36,38)(H,37,39)(H2,33,34,35)/t20-/m0/s1.